The molecule has 1 amide bonds. The van der Waals surface area contributed by atoms with Crippen molar-refractivity contribution < 1.29 is 4.79 Å². The molecule has 1 atom stereocenters. The van der Waals surface area contributed by atoms with E-state index in [2.05, 4.69) is 36.8 Å². The molecule has 0 aliphatic heterocycles. The molecule has 0 radical (unpaired) electrons. The second-order valence-corrected chi connectivity index (χ2v) is 6.31. The molecule has 6 nitrogen and oxygen atoms in total. The van der Waals surface area contributed by atoms with Gasteiger partial charge in [-0.05, 0) is 34.5 Å². The second-order valence-electron chi connectivity index (χ2n) is 4.45. The summed E-state index contributed by atoms with van der Waals surface area (Å²) in [5.74, 6) is 0.263. The van der Waals surface area contributed by atoms with Gasteiger partial charge < -0.3 is 5.32 Å². The van der Waals surface area contributed by atoms with Gasteiger partial charge in [-0.2, -0.15) is 0 Å². The second kappa shape index (κ2) is 7.56. The molecule has 2 rings (SSSR count). The topological polar surface area (TPSA) is 72.7 Å². The number of hydrogen-bond donors (Lipinski definition) is 1. The average Bonchev–Trinajstić information content (AvgIpc) is 2.89. The van der Waals surface area contributed by atoms with Crippen molar-refractivity contribution in [3.05, 3.63) is 34.3 Å². The maximum absolute atomic E-state index is 12.0. The van der Waals surface area contributed by atoms with Crippen LogP contribution in [0.2, 0.25) is 0 Å². The van der Waals surface area contributed by atoms with E-state index >= 15 is 0 Å². The van der Waals surface area contributed by atoms with E-state index in [1.807, 2.05) is 31.2 Å². The summed E-state index contributed by atoms with van der Waals surface area (Å²) in [5, 5.41) is 14.8. The molecule has 1 aromatic carbocycles. The molecule has 1 aromatic heterocycles. The molecule has 0 bridgehead atoms. The highest BCUT2D eigenvalue weighted by molar-refractivity contribution is 9.10. The summed E-state index contributed by atoms with van der Waals surface area (Å²) in [6, 6.07) is 7.99. The highest BCUT2D eigenvalue weighted by Crippen LogP contribution is 2.20. The summed E-state index contributed by atoms with van der Waals surface area (Å²) in [7, 11) is 1.75. The lowest BCUT2D eigenvalue weighted by Gasteiger charge is -2.17. The molecule has 1 N–H and O–H groups in total. The molecule has 0 aliphatic carbocycles. The lowest BCUT2D eigenvalue weighted by molar-refractivity contribution is -0.119. The largest absolute Gasteiger partial charge is 0.349 e. The number of nitrogens with zero attached hydrogens (tertiary/aromatic N) is 4. The molecule has 1 heterocycles. The zero-order chi connectivity index (χ0) is 15.2. The number of benzene rings is 1. The van der Waals surface area contributed by atoms with Crippen LogP contribution in [0.15, 0.2) is 33.9 Å². The van der Waals surface area contributed by atoms with Gasteiger partial charge in [-0.15, -0.1) is 5.10 Å². The highest BCUT2D eigenvalue weighted by Gasteiger charge is 2.14. The zero-order valence-electron chi connectivity index (χ0n) is 11.8. The number of tetrazole rings is 1. The molecule has 0 saturated carbocycles. The minimum absolute atomic E-state index is 0.0174. The summed E-state index contributed by atoms with van der Waals surface area (Å²) in [6.45, 7) is 2.05. The van der Waals surface area contributed by atoms with Crippen molar-refractivity contribution in [1.29, 1.82) is 0 Å². The average molecular weight is 370 g/mol. The predicted octanol–water partition coefficient (Wildman–Crippen LogP) is 2.33. The van der Waals surface area contributed by atoms with Crippen molar-refractivity contribution in [2.45, 2.75) is 24.5 Å². The van der Waals surface area contributed by atoms with E-state index in [1.165, 1.54) is 11.8 Å². The van der Waals surface area contributed by atoms with Crippen molar-refractivity contribution in [3.63, 3.8) is 0 Å². The smallest absolute Gasteiger partial charge is 0.230 e. The molecule has 8 heteroatoms. The van der Waals surface area contributed by atoms with Gasteiger partial charge in [0.2, 0.25) is 11.1 Å². The predicted molar refractivity (Wildman–Crippen MR) is 84.8 cm³/mol. The van der Waals surface area contributed by atoms with Crippen LogP contribution in [0.4, 0.5) is 0 Å². The van der Waals surface area contributed by atoms with E-state index in [9.17, 15) is 4.79 Å². The normalized spacial score (nSPS) is 12.1. The first-order chi connectivity index (χ1) is 10.1. The minimum atomic E-state index is -0.0298. The van der Waals surface area contributed by atoms with Crippen LogP contribution in [0, 0.1) is 0 Å². The number of nitrogens with one attached hydrogen (secondary N) is 1. The Morgan fingerprint density at radius 1 is 1.43 bits per heavy atom. The van der Waals surface area contributed by atoms with Gasteiger partial charge in [-0.1, -0.05) is 46.7 Å². The lowest BCUT2D eigenvalue weighted by atomic mass is 10.0. The fraction of sp³-hybridized carbons (Fsp3) is 0.385. The van der Waals surface area contributed by atoms with Crippen molar-refractivity contribution in [1.82, 2.24) is 25.5 Å². The first-order valence-electron chi connectivity index (χ1n) is 6.50. The Hall–Kier alpha value is -1.41. The van der Waals surface area contributed by atoms with Crippen LogP contribution in [-0.2, 0) is 11.8 Å². The van der Waals surface area contributed by atoms with Gasteiger partial charge in [-0.3, -0.25) is 4.79 Å². The number of carbonyl (C=O) groups is 1. The summed E-state index contributed by atoms with van der Waals surface area (Å²) in [4.78, 5) is 12.0. The number of aryl methyl sites for hydroxylation is 1. The Labute approximate surface area is 135 Å². The molecule has 0 aliphatic rings. The number of carbonyl (C=O) groups excluding carboxylic acids is 1. The fourth-order valence-electron chi connectivity index (χ4n) is 1.83. The number of aromatic nitrogens is 4. The summed E-state index contributed by atoms with van der Waals surface area (Å²) >= 11 is 4.73. The minimum Gasteiger partial charge on any atom is -0.349 e. The maximum atomic E-state index is 12.0. The Balaban J connectivity index is 1.90. The van der Waals surface area contributed by atoms with Gasteiger partial charge >= 0.3 is 0 Å². The first kappa shape index (κ1) is 16.0. The zero-order valence-corrected chi connectivity index (χ0v) is 14.2. The van der Waals surface area contributed by atoms with Gasteiger partial charge in [0.05, 0.1) is 11.8 Å². The fourth-order valence-corrected chi connectivity index (χ4v) is 2.75. The van der Waals surface area contributed by atoms with Crippen LogP contribution in [-0.4, -0.2) is 31.9 Å². The summed E-state index contributed by atoms with van der Waals surface area (Å²) < 4.78 is 2.57. The van der Waals surface area contributed by atoms with Crippen LogP contribution in [0.5, 0.6) is 0 Å². The Bertz CT molecular complexity index is 601. The third kappa shape index (κ3) is 4.53. The van der Waals surface area contributed by atoms with Gasteiger partial charge in [0.1, 0.15) is 0 Å². The van der Waals surface area contributed by atoms with E-state index in [1.54, 1.807) is 11.7 Å². The summed E-state index contributed by atoms with van der Waals surface area (Å²) in [5.41, 5.74) is 1.10. The van der Waals surface area contributed by atoms with Crippen LogP contribution >= 0.6 is 27.7 Å². The van der Waals surface area contributed by atoms with Gasteiger partial charge in [0.25, 0.3) is 0 Å². The monoisotopic (exact) mass is 369 g/mol. The van der Waals surface area contributed by atoms with Gasteiger partial charge in [0.15, 0.2) is 0 Å². The van der Waals surface area contributed by atoms with Gasteiger partial charge in [-0.25, -0.2) is 4.68 Å². The van der Waals surface area contributed by atoms with E-state index in [-0.39, 0.29) is 11.9 Å². The molecular weight excluding hydrogens is 354 g/mol. The van der Waals surface area contributed by atoms with Crippen LogP contribution in [0.3, 0.4) is 0 Å². The molecular formula is C13H16BrN5OS. The van der Waals surface area contributed by atoms with Crippen molar-refractivity contribution >= 4 is 33.6 Å². The van der Waals surface area contributed by atoms with Crippen molar-refractivity contribution in [2.75, 3.05) is 5.75 Å². The van der Waals surface area contributed by atoms with Gasteiger partial charge in [0, 0.05) is 11.5 Å². The maximum Gasteiger partial charge on any atom is 0.230 e. The number of amides is 1. The highest BCUT2D eigenvalue weighted by atomic mass is 79.9. The van der Waals surface area contributed by atoms with E-state index in [4.69, 9.17) is 0 Å². The number of rotatable bonds is 6. The molecule has 2 aromatic rings. The van der Waals surface area contributed by atoms with Crippen LogP contribution < -0.4 is 5.32 Å². The molecule has 0 spiro atoms. The number of hydrogen-bond acceptors (Lipinski definition) is 5. The van der Waals surface area contributed by atoms with E-state index < -0.39 is 0 Å². The lowest BCUT2D eigenvalue weighted by Crippen LogP contribution is -2.29. The Kier molecular flexibility index (Phi) is 5.75. The van der Waals surface area contributed by atoms with Crippen LogP contribution in [0.1, 0.15) is 24.9 Å². The molecule has 21 heavy (non-hydrogen) atoms. The number of halogens is 1. The van der Waals surface area contributed by atoms with Crippen molar-refractivity contribution in [2.24, 2.45) is 7.05 Å². The quantitative estimate of drug-likeness (QED) is 0.791. The number of thioether (sulfide) groups is 1. The summed E-state index contributed by atoms with van der Waals surface area (Å²) in [6.07, 6.45) is 0.837. The molecule has 112 valence electrons. The third-order valence-electron chi connectivity index (χ3n) is 2.93. The third-order valence-corrected chi connectivity index (χ3v) is 4.47. The Morgan fingerprint density at radius 2 is 2.14 bits per heavy atom. The van der Waals surface area contributed by atoms with Crippen molar-refractivity contribution in [3.8, 4) is 0 Å². The molecule has 0 saturated heterocycles. The van der Waals surface area contributed by atoms with Crippen LogP contribution in [0.25, 0.3) is 0 Å². The Morgan fingerprint density at radius 3 is 2.71 bits per heavy atom. The SMILES string of the molecule is CC[C@@H](NC(=O)CSc1nnnn1C)c1ccc(Br)cc1. The van der Waals surface area contributed by atoms with E-state index in [0.29, 0.717) is 10.9 Å². The standard InChI is InChI=1S/C13H16BrN5OS/c1-3-11(9-4-6-10(14)7-5-9)15-12(20)8-21-13-16-17-18-19(13)2/h4-7,11H,3,8H2,1-2H3,(H,15,20)/t11-/m1/s1. The first-order valence-corrected chi connectivity index (χ1v) is 8.28. The molecule has 0 fully saturated rings. The molecule has 0 unspecified atom stereocenters. The van der Waals surface area contributed by atoms with E-state index in [0.717, 1.165) is 16.5 Å².